The average molecular weight is 512 g/mol. The number of allylic oxidation sites excluding steroid dienone is 2. The number of nitrogens with one attached hydrogen (secondary N) is 1. The molecule has 1 aliphatic heterocycles. The highest BCUT2D eigenvalue weighted by atomic mass is 35.5. The van der Waals surface area contributed by atoms with E-state index in [1.165, 1.54) is 12.1 Å². The van der Waals surface area contributed by atoms with Gasteiger partial charge in [-0.1, -0.05) is 63.9 Å². The Labute approximate surface area is 215 Å². The number of carbonyl (C=O) groups is 1. The maximum atomic E-state index is 13.7. The largest absolute Gasteiger partial charge is 0.343 e. The van der Waals surface area contributed by atoms with E-state index < -0.39 is 0 Å². The van der Waals surface area contributed by atoms with Crippen molar-refractivity contribution in [1.82, 2.24) is 9.78 Å². The van der Waals surface area contributed by atoms with Crippen LogP contribution < -0.4 is 5.32 Å². The normalized spacial score (nSPS) is 19.3. The van der Waals surface area contributed by atoms with Gasteiger partial charge in [-0.05, 0) is 53.8 Å². The van der Waals surface area contributed by atoms with Crippen molar-refractivity contribution in [1.29, 1.82) is 0 Å². The van der Waals surface area contributed by atoms with Gasteiger partial charge in [0.15, 0.2) is 5.78 Å². The monoisotopic (exact) mass is 511 g/mol. The van der Waals surface area contributed by atoms with Gasteiger partial charge in [0.05, 0.1) is 21.4 Å². The fraction of sp³-hybridized carbons (Fsp3) is 0.357. The topological polar surface area (TPSA) is 46.9 Å². The molecule has 1 atom stereocenters. The first kappa shape index (κ1) is 24.1. The van der Waals surface area contributed by atoms with E-state index in [9.17, 15) is 9.18 Å². The van der Waals surface area contributed by atoms with Gasteiger partial charge in [-0.3, -0.25) is 4.79 Å². The fourth-order valence-corrected chi connectivity index (χ4v) is 5.55. The second kappa shape index (κ2) is 8.21. The molecule has 2 heterocycles. The summed E-state index contributed by atoms with van der Waals surface area (Å²) in [6, 6.07) is 11.8. The van der Waals surface area contributed by atoms with Crippen molar-refractivity contribution in [3.05, 3.63) is 86.4 Å². The van der Waals surface area contributed by atoms with E-state index in [2.05, 4.69) is 39.9 Å². The second-order valence-corrected chi connectivity index (χ2v) is 12.1. The van der Waals surface area contributed by atoms with Gasteiger partial charge in [-0.15, -0.1) is 0 Å². The van der Waals surface area contributed by atoms with Crippen LogP contribution in [-0.2, 0) is 10.2 Å². The summed E-state index contributed by atoms with van der Waals surface area (Å²) in [6.07, 6.45) is 1.20. The highest BCUT2D eigenvalue weighted by Crippen LogP contribution is 2.52. The number of benzene rings is 2. The number of hydrogen-bond donors (Lipinski definition) is 1. The molecule has 182 valence electrons. The van der Waals surface area contributed by atoms with Crippen LogP contribution in [0.4, 0.5) is 10.2 Å². The van der Waals surface area contributed by atoms with E-state index in [4.69, 9.17) is 28.3 Å². The van der Waals surface area contributed by atoms with Crippen molar-refractivity contribution in [2.45, 2.75) is 58.8 Å². The molecule has 5 rings (SSSR count). The third-order valence-corrected chi connectivity index (χ3v) is 7.49. The lowest BCUT2D eigenvalue weighted by Gasteiger charge is -2.39. The lowest BCUT2D eigenvalue weighted by molar-refractivity contribution is -0.118. The predicted octanol–water partition coefficient (Wildman–Crippen LogP) is 7.82. The Balaban J connectivity index is 1.83. The quantitative estimate of drug-likeness (QED) is 0.381. The number of carbonyl (C=O) groups excluding carboxylic acids is 1. The second-order valence-electron chi connectivity index (χ2n) is 11.3. The van der Waals surface area contributed by atoms with Gasteiger partial charge in [-0.2, -0.15) is 5.10 Å². The number of nitrogens with zero attached hydrogens (tertiary/aromatic N) is 2. The van der Waals surface area contributed by atoms with E-state index >= 15 is 0 Å². The van der Waals surface area contributed by atoms with Gasteiger partial charge >= 0.3 is 0 Å². The van der Waals surface area contributed by atoms with Crippen molar-refractivity contribution in [2.24, 2.45) is 5.41 Å². The number of aromatic nitrogens is 2. The highest BCUT2D eigenvalue weighted by Gasteiger charge is 2.44. The minimum absolute atomic E-state index is 0.125. The molecule has 35 heavy (non-hydrogen) atoms. The number of anilines is 1. The molecule has 0 saturated carbocycles. The molecule has 2 aliphatic rings. The lowest BCUT2D eigenvalue weighted by Crippen LogP contribution is -2.34. The molecule has 1 aromatic heterocycles. The molecule has 0 amide bonds. The smallest absolute Gasteiger partial charge is 0.162 e. The Morgan fingerprint density at radius 3 is 2.37 bits per heavy atom. The molecule has 4 nitrogen and oxygen atoms in total. The van der Waals surface area contributed by atoms with Gasteiger partial charge in [0.1, 0.15) is 11.6 Å². The molecule has 7 heteroatoms. The first-order valence-corrected chi connectivity index (χ1v) is 12.5. The van der Waals surface area contributed by atoms with Gasteiger partial charge in [0.25, 0.3) is 0 Å². The number of Topliss-reactive ketones (excluding diaryl/α,β-unsaturated/α-hetero) is 1. The highest BCUT2D eigenvalue weighted by molar-refractivity contribution is 6.42. The van der Waals surface area contributed by atoms with Crippen LogP contribution >= 0.6 is 23.2 Å². The number of ketones is 1. The van der Waals surface area contributed by atoms with Crippen LogP contribution in [0.5, 0.6) is 0 Å². The molecule has 3 aromatic rings. The summed E-state index contributed by atoms with van der Waals surface area (Å²) in [6.45, 7) is 10.5. The molecule has 2 aromatic carbocycles. The van der Waals surface area contributed by atoms with Crippen molar-refractivity contribution < 1.29 is 9.18 Å². The van der Waals surface area contributed by atoms with Crippen LogP contribution in [0.2, 0.25) is 10.0 Å². The molecule has 0 saturated heterocycles. The average Bonchev–Trinajstić information content (AvgIpc) is 3.13. The Kier molecular flexibility index (Phi) is 5.65. The summed E-state index contributed by atoms with van der Waals surface area (Å²) in [5, 5.41) is 9.53. The molecule has 0 radical (unpaired) electrons. The molecular weight excluding hydrogens is 484 g/mol. The summed E-state index contributed by atoms with van der Waals surface area (Å²) < 4.78 is 15.6. The number of hydrogen-bond acceptors (Lipinski definition) is 3. The summed E-state index contributed by atoms with van der Waals surface area (Å²) in [4.78, 5) is 13.6. The molecular formula is C28H28Cl2FN3O. The SMILES string of the molecule is CC1(C)CC(=O)C2=C(C1)Nc1c(c(C(C)(C)C)nn1-c1ccc(F)cc1)C2c1ccc(Cl)c(Cl)c1. The molecule has 0 fully saturated rings. The Bertz CT molecular complexity index is 1380. The minimum Gasteiger partial charge on any atom is -0.343 e. The zero-order valence-corrected chi connectivity index (χ0v) is 22.0. The summed E-state index contributed by atoms with van der Waals surface area (Å²) in [5.41, 5.74) is 4.61. The van der Waals surface area contributed by atoms with Crippen LogP contribution in [0.25, 0.3) is 5.69 Å². The van der Waals surface area contributed by atoms with E-state index in [0.29, 0.717) is 16.5 Å². The van der Waals surface area contributed by atoms with E-state index in [0.717, 1.165) is 46.0 Å². The van der Waals surface area contributed by atoms with Crippen molar-refractivity contribution >= 4 is 34.8 Å². The standard InChI is InChI=1S/C28H28Cl2FN3O/c1-27(2,3)25-24-22(15-6-11-18(29)19(30)12-15)23-20(13-28(4,5)14-21(23)35)32-26(24)34(33-25)17-9-7-16(31)8-10-17/h6-12,22,32H,13-14H2,1-5H3. The Morgan fingerprint density at radius 2 is 1.74 bits per heavy atom. The van der Waals surface area contributed by atoms with E-state index in [1.54, 1.807) is 18.2 Å². The minimum atomic E-state index is -0.344. The number of fused-ring (bicyclic) bond motifs is 1. The molecule has 1 unspecified atom stereocenters. The van der Waals surface area contributed by atoms with Gasteiger partial charge in [-0.25, -0.2) is 9.07 Å². The van der Waals surface area contributed by atoms with Crippen LogP contribution in [0.1, 0.15) is 70.2 Å². The van der Waals surface area contributed by atoms with Crippen molar-refractivity contribution in [3.63, 3.8) is 0 Å². The first-order valence-electron chi connectivity index (χ1n) is 11.7. The van der Waals surface area contributed by atoms with Crippen molar-refractivity contribution in [2.75, 3.05) is 5.32 Å². The predicted molar refractivity (Wildman–Crippen MR) is 139 cm³/mol. The number of halogens is 3. The fourth-order valence-electron chi connectivity index (χ4n) is 5.24. The summed E-state index contributed by atoms with van der Waals surface area (Å²) in [5.74, 6) is 0.266. The van der Waals surface area contributed by atoms with Crippen LogP contribution in [0.3, 0.4) is 0 Å². The van der Waals surface area contributed by atoms with Gasteiger partial charge in [0.2, 0.25) is 0 Å². The van der Waals surface area contributed by atoms with Gasteiger partial charge < -0.3 is 5.32 Å². The van der Waals surface area contributed by atoms with Crippen LogP contribution in [-0.4, -0.2) is 15.6 Å². The summed E-state index contributed by atoms with van der Waals surface area (Å²) >= 11 is 12.7. The molecule has 0 spiro atoms. The summed E-state index contributed by atoms with van der Waals surface area (Å²) in [7, 11) is 0. The third kappa shape index (κ3) is 4.19. The van der Waals surface area contributed by atoms with Crippen molar-refractivity contribution in [3.8, 4) is 5.69 Å². The van der Waals surface area contributed by atoms with Crippen LogP contribution in [0.15, 0.2) is 53.7 Å². The molecule has 1 aliphatic carbocycles. The Hall–Kier alpha value is -2.63. The third-order valence-electron chi connectivity index (χ3n) is 6.75. The molecule has 1 N–H and O–H groups in total. The zero-order valence-electron chi connectivity index (χ0n) is 20.5. The van der Waals surface area contributed by atoms with Crippen LogP contribution in [0, 0.1) is 11.2 Å². The first-order chi connectivity index (χ1) is 16.4. The van der Waals surface area contributed by atoms with E-state index in [-0.39, 0.29) is 28.3 Å². The lowest BCUT2D eigenvalue weighted by atomic mass is 9.68. The maximum Gasteiger partial charge on any atom is 0.162 e. The Morgan fingerprint density at radius 1 is 1.06 bits per heavy atom. The van der Waals surface area contributed by atoms with E-state index in [1.807, 2.05) is 16.8 Å². The number of rotatable bonds is 2. The maximum absolute atomic E-state index is 13.7. The molecule has 0 bridgehead atoms. The zero-order chi connectivity index (χ0) is 25.3. The van der Waals surface area contributed by atoms with Gasteiger partial charge in [0, 0.05) is 34.6 Å².